The standard InChI is InChI=1S/C18H15NO2/c20-18-16(13-7-10-14-8-3-1-4-9-14)17(19-21-18)15-11-5-2-6-12-15/h1-12,20H,13H2/p-1/b10-7+. The first-order valence-corrected chi connectivity index (χ1v) is 6.77. The first-order chi connectivity index (χ1) is 10.3. The van der Waals surface area contributed by atoms with Gasteiger partial charge in [0.15, 0.2) is 0 Å². The quantitative estimate of drug-likeness (QED) is 0.730. The molecule has 0 spiro atoms. The molecule has 0 aliphatic carbocycles. The Labute approximate surface area is 123 Å². The van der Waals surface area contributed by atoms with E-state index < -0.39 is 0 Å². The second-order valence-electron chi connectivity index (χ2n) is 4.68. The third-order valence-corrected chi connectivity index (χ3v) is 3.23. The van der Waals surface area contributed by atoms with Gasteiger partial charge in [-0.3, -0.25) is 0 Å². The molecule has 0 aliphatic rings. The molecular weight excluding hydrogens is 262 g/mol. The maximum atomic E-state index is 11.8. The van der Waals surface area contributed by atoms with E-state index in [1.807, 2.05) is 72.8 Å². The molecule has 0 fully saturated rings. The largest absolute Gasteiger partial charge is 0.544 e. The summed E-state index contributed by atoms with van der Waals surface area (Å²) < 4.78 is 4.81. The van der Waals surface area contributed by atoms with Gasteiger partial charge in [-0.05, 0) is 12.0 Å². The minimum atomic E-state index is -0.369. The highest BCUT2D eigenvalue weighted by atomic mass is 16.5. The Morgan fingerprint density at radius 3 is 2.33 bits per heavy atom. The summed E-state index contributed by atoms with van der Waals surface area (Å²) in [7, 11) is 0. The first-order valence-electron chi connectivity index (χ1n) is 6.77. The number of hydrogen-bond acceptors (Lipinski definition) is 3. The van der Waals surface area contributed by atoms with Crippen LogP contribution in [0.2, 0.25) is 0 Å². The molecule has 3 nitrogen and oxygen atoms in total. The van der Waals surface area contributed by atoms with E-state index in [1.54, 1.807) is 0 Å². The van der Waals surface area contributed by atoms with Gasteiger partial charge in [0.25, 0.3) is 0 Å². The van der Waals surface area contributed by atoms with E-state index >= 15 is 0 Å². The summed E-state index contributed by atoms with van der Waals surface area (Å²) in [5.74, 6) is -0.369. The van der Waals surface area contributed by atoms with E-state index in [0.29, 0.717) is 17.7 Å². The first kappa shape index (κ1) is 13.2. The molecular formula is C18H14NO2-. The normalized spacial score (nSPS) is 11.0. The molecule has 0 saturated carbocycles. The highest BCUT2D eigenvalue weighted by Gasteiger charge is 2.08. The van der Waals surface area contributed by atoms with Crippen molar-refractivity contribution < 1.29 is 9.63 Å². The molecule has 0 saturated heterocycles. The van der Waals surface area contributed by atoms with E-state index in [9.17, 15) is 5.11 Å². The van der Waals surface area contributed by atoms with Gasteiger partial charge in [0.2, 0.25) is 0 Å². The van der Waals surface area contributed by atoms with Gasteiger partial charge in [-0.2, -0.15) is 5.16 Å². The summed E-state index contributed by atoms with van der Waals surface area (Å²) in [4.78, 5) is 0. The second-order valence-corrected chi connectivity index (χ2v) is 4.68. The summed E-state index contributed by atoms with van der Waals surface area (Å²) in [6.45, 7) is 0. The fourth-order valence-electron chi connectivity index (χ4n) is 2.17. The zero-order valence-corrected chi connectivity index (χ0v) is 11.4. The number of hydrogen-bond donors (Lipinski definition) is 0. The van der Waals surface area contributed by atoms with E-state index in [4.69, 9.17) is 4.52 Å². The predicted molar refractivity (Wildman–Crippen MR) is 80.6 cm³/mol. The van der Waals surface area contributed by atoms with Crippen LogP contribution in [0, 0.1) is 0 Å². The van der Waals surface area contributed by atoms with Crippen molar-refractivity contribution in [1.29, 1.82) is 0 Å². The molecule has 104 valence electrons. The summed E-state index contributed by atoms with van der Waals surface area (Å²) in [5.41, 5.74) is 3.21. The van der Waals surface area contributed by atoms with Crippen molar-refractivity contribution in [2.75, 3.05) is 0 Å². The van der Waals surface area contributed by atoms with Crippen molar-refractivity contribution in [3.63, 3.8) is 0 Å². The van der Waals surface area contributed by atoms with Gasteiger partial charge in [-0.15, -0.1) is 0 Å². The third kappa shape index (κ3) is 3.03. The second kappa shape index (κ2) is 6.09. The minimum Gasteiger partial charge on any atom is -0.544 e. The molecule has 0 atom stereocenters. The van der Waals surface area contributed by atoms with Crippen LogP contribution < -0.4 is 5.11 Å². The Balaban J connectivity index is 1.83. The molecule has 21 heavy (non-hydrogen) atoms. The fourth-order valence-corrected chi connectivity index (χ4v) is 2.17. The highest BCUT2D eigenvalue weighted by Crippen LogP contribution is 2.28. The van der Waals surface area contributed by atoms with E-state index in [1.165, 1.54) is 0 Å². The van der Waals surface area contributed by atoms with E-state index in [2.05, 4.69) is 5.16 Å². The smallest absolute Gasteiger partial charge is 0.0890 e. The lowest BCUT2D eigenvalue weighted by Crippen LogP contribution is -1.93. The SMILES string of the molecule is [O-]c1onc(-c2ccccc2)c1C/C=C/c1ccccc1. The van der Waals surface area contributed by atoms with E-state index in [-0.39, 0.29) is 5.95 Å². The highest BCUT2D eigenvalue weighted by molar-refractivity contribution is 5.65. The molecule has 3 aromatic rings. The van der Waals surface area contributed by atoms with Gasteiger partial charge in [-0.1, -0.05) is 72.8 Å². The Kier molecular flexibility index (Phi) is 3.83. The number of aromatic nitrogens is 1. The van der Waals surface area contributed by atoms with Crippen LogP contribution in [0.25, 0.3) is 17.3 Å². The van der Waals surface area contributed by atoms with Gasteiger partial charge < -0.3 is 9.63 Å². The Morgan fingerprint density at radius 1 is 0.952 bits per heavy atom. The molecule has 0 unspecified atom stereocenters. The topological polar surface area (TPSA) is 49.1 Å². The molecule has 3 heteroatoms. The molecule has 0 radical (unpaired) electrons. The summed E-state index contributed by atoms with van der Waals surface area (Å²) in [5, 5.41) is 15.7. The zero-order valence-electron chi connectivity index (χ0n) is 11.4. The average molecular weight is 276 g/mol. The molecule has 3 rings (SSSR count). The molecule has 1 heterocycles. The van der Waals surface area contributed by atoms with Crippen LogP contribution in [-0.2, 0) is 6.42 Å². The van der Waals surface area contributed by atoms with Crippen LogP contribution in [0.3, 0.4) is 0 Å². The van der Waals surface area contributed by atoms with Gasteiger partial charge in [0.1, 0.15) is 0 Å². The van der Waals surface area contributed by atoms with Crippen LogP contribution in [0.4, 0.5) is 0 Å². The molecule has 0 amide bonds. The lowest BCUT2D eigenvalue weighted by molar-refractivity contribution is -0.298. The van der Waals surface area contributed by atoms with Crippen molar-refractivity contribution in [2.24, 2.45) is 0 Å². The van der Waals surface area contributed by atoms with Crippen molar-refractivity contribution in [3.05, 3.63) is 77.9 Å². The monoisotopic (exact) mass is 276 g/mol. The molecule has 2 aromatic carbocycles. The maximum Gasteiger partial charge on any atom is 0.0890 e. The lowest BCUT2D eigenvalue weighted by atomic mass is 10.0. The van der Waals surface area contributed by atoms with Crippen molar-refractivity contribution >= 4 is 6.08 Å². The Hall–Kier alpha value is -2.81. The number of benzene rings is 2. The van der Waals surface area contributed by atoms with E-state index in [0.717, 1.165) is 11.1 Å². The van der Waals surface area contributed by atoms with Crippen molar-refractivity contribution in [1.82, 2.24) is 5.16 Å². The molecule has 0 N–H and O–H groups in total. The Morgan fingerprint density at radius 2 is 1.62 bits per heavy atom. The number of nitrogens with zero attached hydrogens (tertiary/aromatic N) is 1. The Bertz CT molecular complexity index is 730. The van der Waals surface area contributed by atoms with Crippen LogP contribution in [0.5, 0.6) is 5.95 Å². The molecule has 0 aliphatic heterocycles. The summed E-state index contributed by atoms with van der Waals surface area (Å²) in [6.07, 6.45) is 4.44. The van der Waals surface area contributed by atoms with Gasteiger partial charge >= 0.3 is 0 Å². The summed E-state index contributed by atoms with van der Waals surface area (Å²) >= 11 is 0. The van der Waals surface area contributed by atoms with Gasteiger partial charge in [0.05, 0.1) is 11.6 Å². The minimum absolute atomic E-state index is 0.369. The van der Waals surface area contributed by atoms with Gasteiger partial charge in [0, 0.05) is 11.1 Å². The number of rotatable bonds is 4. The van der Waals surface area contributed by atoms with Gasteiger partial charge in [-0.25, -0.2) is 0 Å². The van der Waals surface area contributed by atoms with Crippen LogP contribution in [0.15, 0.2) is 71.3 Å². The fraction of sp³-hybridized carbons (Fsp3) is 0.0556. The van der Waals surface area contributed by atoms with Crippen LogP contribution in [0.1, 0.15) is 11.1 Å². The predicted octanol–water partition coefficient (Wildman–Crippen LogP) is 3.67. The van der Waals surface area contributed by atoms with Crippen LogP contribution >= 0.6 is 0 Å². The maximum absolute atomic E-state index is 11.8. The van der Waals surface area contributed by atoms with Crippen LogP contribution in [-0.4, -0.2) is 5.16 Å². The van der Waals surface area contributed by atoms with Crippen molar-refractivity contribution in [3.8, 4) is 17.2 Å². The molecule has 1 aromatic heterocycles. The van der Waals surface area contributed by atoms with Crippen molar-refractivity contribution in [2.45, 2.75) is 6.42 Å². The molecule has 0 bridgehead atoms. The third-order valence-electron chi connectivity index (χ3n) is 3.23. The average Bonchev–Trinajstić information content (AvgIpc) is 2.91. The number of allylic oxidation sites excluding steroid dienone is 1. The zero-order chi connectivity index (χ0) is 14.5. The summed E-state index contributed by atoms with van der Waals surface area (Å²) in [6, 6.07) is 19.6. The lowest BCUT2D eigenvalue weighted by Gasteiger charge is -2.02.